The smallest absolute Gasteiger partial charge is 0.253 e. The molecule has 1 aromatic carbocycles. The molecule has 0 N–H and O–H groups in total. The van der Waals surface area contributed by atoms with Crippen molar-refractivity contribution in [1.29, 1.82) is 0 Å². The topological polar surface area (TPSA) is 53.1 Å². The molecule has 2 amide bonds. The summed E-state index contributed by atoms with van der Waals surface area (Å²) < 4.78 is 19.1. The summed E-state index contributed by atoms with van der Waals surface area (Å²) in [6, 6.07) is 9.49. The lowest BCUT2D eigenvalue weighted by molar-refractivity contribution is -0.138. The Morgan fingerprint density at radius 2 is 1.97 bits per heavy atom. The zero-order valence-electron chi connectivity index (χ0n) is 17.4. The minimum atomic E-state index is -0.373. The molecule has 0 bridgehead atoms. The first kappa shape index (κ1) is 22.4. The van der Waals surface area contributed by atoms with Gasteiger partial charge in [-0.25, -0.2) is 4.39 Å². The maximum Gasteiger partial charge on any atom is 0.253 e. The minimum Gasteiger partial charge on any atom is -0.373 e. The second-order valence-corrected chi connectivity index (χ2v) is 8.68. The van der Waals surface area contributed by atoms with E-state index < -0.39 is 0 Å². The summed E-state index contributed by atoms with van der Waals surface area (Å²) in [7, 11) is 3.89. The average molecular weight is 434 g/mol. The number of benzene rings is 1. The number of amides is 2. The second-order valence-electron chi connectivity index (χ2n) is 7.65. The van der Waals surface area contributed by atoms with Crippen LogP contribution in [-0.4, -0.2) is 86.0 Å². The van der Waals surface area contributed by atoms with Crippen LogP contribution >= 0.6 is 11.3 Å². The molecule has 1 aromatic heterocycles. The van der Waals surface area contributed by atoms with Crippen LogP contribution in [0.15, 0.2) is 41.8 Å². The third kappa shape index (κ3) is 6.35. The second kappa shape index (κ2) is 10.7. The first-order chi connectivity index (χ1) is 14.4. The summed E-state index contributed by atoms with van der Waals surface area (Å²) >= 11 is 1.58. The normalized spacial score (nSPS) is 16.7. The van der Waals surface area contributed by atoms with E-state index >= 15 is 0 Å². The molecule has 30 heavy (non-hydrogen) atoms. The third-order valence-corrected chi connectivity index (χ3v) is 5.89. The number of thiophene rings is 1. The molecule has 1 fully saturated rings. The fourth-order valence-corrected chi connectivity index (χ4v) is 4.04. The lowest BCUT2D eigenvalue weighted by Gasteiger charge is -2.36. The van der Waals surface area contributed by atoms with Crippen molar-refractivity contribution in [3.05, 3.63) is 58.0 Å². The van der Waals surface area contributed by atoms with Crippen LogP contribution in [0.4, 0.5) is 4.39 Å². The fourth-order valence-electron chi connectivity index (χ4n) is 3.35. The van der Waals surface area contributed by atoms with Gasteiger partial charge < -0.3 is 19.4 Å². The van der Waals surface area contributed by atoms with E-state index in [9.17, 15) is 14.0 Å². The van der Waals surface area contributed by atoms with E-state index in [0.717, 1.165) is 4.88 Å². The highest BCUT2D eigenvalue weighted by Gasteiger charge is 2.28. The van der Waals surface area contributed by atoms with Gasteiger partial charge in [0.15, 0.2) is 0 Å². The number of hydrogen-bond acceptors (Lipinski definition) is 5. The van der Waals surface area contributed by atoms with E-state index in [0.29, 0.717) is 51.3 Å². The van der Waals surface area contributed by atoms with E-state index in [1.165, 1.54) is 24.3 Å². The highest BCUT2D eigenvalue weighted by atomic mass is 32.1. The highest BCUT2D eigenvalue weighted by molar-refractivity contribution is 7.10. The van der Waals surface area contributed by atoms with Crippen molar-refractivity contribution >= 4 is 23.2 Å². The average Bonchev–Trinajstić information content (AvgIpc) is 3.24. The van der Waals surface area contributed by atoms with Crippen molar-refractivity contribution in [3.63, 3.8) is 0 Å². The predicted molar refractivity (Wildman–Crippen MR) is 115 cm³/mol. The minimum absolute atomic E-state index is 0.0791. The number of carbonyl (C=O) groups excluding carboxylic acids is 2. The van der Waals surface area contributed by atoms with Crippen molar-refractivity contribution < 1.29 is 18.7 Å². The lowest BCUT2D eigenvalue weighted by Crippen LogP contribution is -2.51. The van der Waals surface area contributed by atoms with Crippen molar-refractivity contribution in [3.8, 4) is 0 Å². The zero-order valence-corrected chi connectivity index (χ0v) is 18.2. The van der Waals surface area contributed by atoms with Gasteiger partial charge in [-0.2, -0.15) is 0 Å². The number of carbonyl (C=O) groups is 2. The van der Waals surface area contributed by atoms with Gasteiger partial charge in [-0.15, -0.1) is 11.3 Å². The molecule has 1 aliphatic heterocycles. The van der Waals surface area contributed by atoms with E-state index in [-0.39, 0.29) is 23.7 Å². The number of halogens is 1. The molecular formula is C22H28FN3O3S. The van der Waals surface area contributed by atoms with Gasteiger partial charge >= 0.3 is 0 Å². The van der Waals surface area contributed by atoms with E-state index in [2.05, 4.69) is 0 Å². The van der Waals surface area contributed by atoms with E-state index in [4.69, 9.17) is 4.74 Å². The quantitative estimate of drug-likeness (QED) is 0.641. The number of ether oxygens (including phenoxy) is 1. The Kier molecular flexibility index (Phi) is 7.95. The van der Waals surface area contributed by atoms with Crippen molar-refractivity contribution in [1.82, 2.24) is 14.7 Å². The number of rotatable bonds is 8. The van der Waals surface area contributed by atoms with Gasteiger partial charge in [-0.05, 0) is 49.8 Å². The Labute approximate surface area is 180 Å². The van der Waals surface area contributed by atoms with Crippen LogP contribution in [0.2, 0.25) is 0 Å². The van der Waals surface area contributed by atoms with Gasteiger partial charge in [0.25, 0.3) is 5.91 Å². The SMILES string of the molecule is CN(C)CCN(CC1CN(C(=O)Cc2cccs2)CCO1)C(=O)c1ccc(F)cc1. The maximum atomic E-state index is 13.2. The molecule has 8 heteroatoms. The molecule has 6 nitrogen and oxygen atoms in total. The van der Waals surface area contributed by atoms with Crippen molar-refractivity contribution in [2.45, 2.75) is 12.5 Å². The van der Waals surface area contributed by atoms with Crippen molar-refractivity contribution in [2.24, 2.45) is 0 Å². The van der Waals surface area contributed by atoms with Gasteiger partial charge in [0.1, 0.15) is 5.82 Å². The van der Waals surface area contributed by atoms with Crippen LogP contribution < -0.4 is 0 Å². The maximum absolute atomic E-state index is 13.2. The Hall–Kier alpha value is -2.29. The Balaban J connectivity index is 1.64. The van der Waals surface area contributed by atoms with Gasteiger partial charge in [0.2, 0.25) is 5.91 Å². The van der Waals surface area contributed by atoms with Crippen LogP contribution in [0, 0.1) is 5.82 Å². The molecule has 1 unspecified atom stereocenters. The molecule has 0 radical (unpaired) electrons. The van der Waals surface area contributed by atoms with Crippen LogP contribution in [0.1, 0.15) is 15.2 Å². The first-order valence-corrected chi connectivity index (χ1v) is 10.9. The summed E-state index contributed by atoms with van der Waals surface area (Å²) in [5.41, 5.74) is 0.441. The number of nitrogens with zero attached hydrogens (tertiary/aromatic N) is 3. The van der Waals surface area contributed by atoms with Crippen LogP contribution in [0.3, 0.4) is 0 Å². The Morgan fingerprint density at radius 1 is 1.20 bits per heavy atom. The van der Waals surface area contributed by atoms with Crippen LogP contribution in [-0.2, 0) is 16.0 Å². The van der Waals surface area contributed by atoms with Crippen LogP contribution in [0.5, 0.6) is 0 Å². The van der Waals surface area contributed by atoms with Crippen molar-refractivity contribution in [2.75, 3.05) is 53.4 Å². The Bertz CT molecular complexity index is 827. The lowest BCUT2D eigenvalue weighted by atomic mass is 10.1. The fraction of sp³-hybridized carbons (Fsp3) is 0.455. The molecule has 1 aliphatic rings. The Morgan fingerprint density at radius 3 is 2.63 bits per heavy atom. The molecule has 1 saturated heterocycles. The monoisotopic (exact) mass is 433 g/mol. The van der Waals surface area contributed by atoms with Crippen LogP contribution in [0.25, 0.3) is 0 Å². The highest BCUT2D eigenvalue weighted by Crippen LogP contribution is 2.15. The molecule has 0 aliphatic carbocycles. The number of likely N-dealkylation sites (N-methyl/N-ethyl adjacent to an activating group) is 1. The first-order valence-electron chi connectivity index (χ1n) is 10.0. The van der Waals surface area contributed by atoms with E-state index in [1.54, 1.807) is 16.2 Å². The van der Waals surface area contributed by atoms with Gasteiger partial charge in [0.05, 0.1) is 19.1 Å². The summed E-state index contributed by atoms with van der Waals surface area (Å²) in [6.07, 6.45) is 0.140. The molecule has 162 valence electrons. The zero-order chi connectivity index (χ0) is 21.5. The molecule has 0 saturated carbocycles. The van der Waals surface area contributed by atoms with Gasteiger partial charge in [0, 0.05) is 43.2 Å². The molecular weight excluding hydrogens is 405 g/mol. The third-order valence-electron chi connectivity index (χ3n) is 5.02. The number of morpholine rings is 1. The molecule has 1 atom stereocenters. The summed E-state index contributed by atoms with van der Waals surface area (Å²) in [6.45, 7) is 3.07. The van der Waals surface area contributed by atoms with Gasteiger partial charge in [-0.1, -0.05) is 6.07 Å². The molecule has 0 spiro atoms. The van der Waals surface area contributed by atoms with Gasteiger partial charge in [-0.3, -0.25) is 9.59 Å². The molecule has 3 rings (SSSR count). The van der Waals surface area contributed by atoms with E-state index in [1.807, 2.05) is 41.4 Å². The summed E-state index contributed by atoms with van der Waals surface area (Å²) in [5, 5.41) is 1.97. The summed E-state index contributed by atoms with van der Waals surface area (Å²) in [5.74, 6) is -0.458. The standard InChI is InChI=1S/C22H28FN3O3S/c1-24(2)9-10-26(22(28)17-5-7-18(23)8-6-17)16-19-15-25(11-12-29-19)21(27)14-20-4-3-13-30-20/h3-8,13,19H,9-12,14-16H2,1-2H3. The predicted octanol–water partition coefficient (Wildman–Crippen LogP) is 2.36. The summed E-state index contributed by atoms with van der Waals surface area (Å²) in [4.78, 5) is 32.3. The number of hydrogen-bond donors (Lipinski definition) is 0. The molecule has 2 aromatic rings. The molecule has 2 heterocycles. The largest absolute Gasteiger partial charge is 0.373 e.